The van der Waals surface area contributed by atoms with Crippen LogP contribution < -0.4 is 5.73 Å². The van der Waals surface area contributed by atoms with Gasteiger partial charge in [-0.2, -0.15) is 0 Å². The lowest BCUT2D eigenvalue weighted by Crippen LogP contribution is -2.53. The van der Waals surface area contributed by atoms with E-state index < -0.39 is 0 Å². The lowest BCUT2D eigenvalue weighted by atomic mass is 9.77. The first-order valence-corrected chi connectivity index (χ1v) is 7.10. The van der Waals surface area contributed by atoms with Crippen LogP contribution in [0.5, 0.6) is 0 Å². The van der Waals surface area contributed by atoms with Crippen LogP contribution in [-0.2, 0) is 9.53 Å². The van der Waals surface area contributed by atoms with Gasteiger partial charge in [0.05, 0.1) is 18.6 Å². The van der Waals surface area contributed by atoms with Crippen LogP contribution in [0.2, 0.25) is 0 Å². The van der Waals surface area contributed by atoms with E-state index in [1.54, 1.807) is 7.11 Å². The Balaban J connectivity index is 1.77. The summed E-state index contributed by atoms with van der Waals surface area (Å²) in [5.41, 5.74) is 5.28. The minimum absolute atomic E-state index is 0.176. The quantitative estimate of drug-likeness (QED) is 0.317. The van der Waals surface area contributed by atoms with E-state index >= 15 is 0 Å². The Hall–Kier alpha value is -1.34. The molecule has 7 heteroatoms. The van der Waals surface area contributed by atoms with Gasteiger partial charge in [0.25, 0.3) is 0 Å². The van der Waals surface area contributed by atoms with E-state index in [1.807, 2.05) is 4.90 Å². The zero-order valence-corrected chi connectivity index (χ0v) is 12.0. The highest BCUT2D eigenvalue weighted by Gasteiger charge is 2.40. The summed E-state index contributed by atoms with van der Waals surface area (Å²) in [6.45, 7) is 3.33. The normalized spacial score (nSPS) is 23.4. The molecule has 0 unspecified atom stereocenters. The van der Waals surface area contributed by atoms with Crippen LogP contribution in [0, 0.1) is 0 Å². The molecule has 0 atom stereocenters. The number of nitrogens with two attached hydrogens (primary N) is 1. The number of hydrogen-bond donors (Lipinski definition) is 2. The first-order chi connectivity index (χ1) is 9.58. The van der Waals surface area contributed by atoms with Crippen molar-refractivity contribution in [1.29, 1.82) is 0 Å². The summed E-state index contributed by atoms with van der Waals surface area (Å²) in [6, 6.07) is 0. The third-order valence-corrected chi connectivity index (χ3v) is 4.41. The Bertz CT molecular complexity index is 368. The number of rotatable bonds is 5. The fraction of sp³-hybridized carbons (Fsp3) is 0.846. The largest absolute Gasteiger partial charge is 0.409 e. The van der Waals surface area contributed by atoms with Gasteiger partial charge in [-0.05, 0) is 19.3 Å². The van der Waals surface area contributed by atoms with Crippen LogP contribution in [0.3, 0.4) is 0 Å². The average molecular weight is 284 g/mol. The summed E-state index contributed by atoms with van der Waals surface area (Å²) >= 11 is 0. The fourth-order valence-electron chi connectivity index (χ4n) is 2.83. The first-order valence-electron chi connectivity index (χ1n) is 7.10. The number of amidine groups is 1. The van der Waals surface area contributed by atoms with E-state index in [4.69, 9.17) is 15.7 Å². The predicted octanol–water partition coefficient (Wildman–Crippen LogP) is -0.164. The highest BCUT2D eigenvalue weighted by molar-refractivity contribution is 5.81. The van der Waals surface area contributed by atoms with Crippen molar-refractivity contribution in [3.8, 4) is 0 Å². The maximum atomic E-state index is 12.3. The Morgan fingerprint density at radius 2 is 2.00 bits per heavy atom. The number of amides is 1. The summed E-state index contributed by atoms with van der Waals surface area (Å²) < 4.78 is 5.51. The second-order valence-electron chi connectivity index (χ2n) is 5.67. The molecule has 3 N–H and O–H groups in total. The van der Waals surface area contributed by atoms with Crippen molar-refractivity contribution < 1.29 is 14.7 Å². The van der Waals surface area contributed by atoms with E-state index in [0.717, 1.165) is 32.4 Å². The van der Waals surface area contributed by atoms with Crippen molar-refractivity contribution in [2.45, 2.75) is 31.3 Å². The zero-order valence-electron chi connectivity index (χ0n) is 12.0. The summed E-state index contributed by atoms with van der Waals surface area (Å²) in [4.78, 5) is 16.3. The van der Waals surface area contributed by atoms with Gasteiger partial charge in [-0.25, -0.2) is 0 Å². The number of hydrogen-bond acceptors (Lipinski definition) is 5. The van der Waals surface area contributed by atoms with Gasteiger partial charge in [-0.1, -0.05) is 5.16 Å². The van der Waals surface area contributed by atoms with Gasteiger partial charge in [0.15, 0.2) is 5.84 Å². The van der Waals surface area contributed by atoms with E-state index in [9.17, 15) is 4.79 Å². The third-order valence-electron chi connectivity index (χ3n) is 4.41. The molecule has 114 valence electrons. The molecule has 0 bridgehead atoms. The summed E-state index contributed by atoms with van der Waals surface area (Å²) in [7, 11) is 1.70. The molecule has 1 saturated carbocycles. The lowest BCUT2D eigenvalue weighted by Gasteiger charge is -2.42. The number of piperazine rings is 1. The number of methoxy groups -OCH3 is 1. The van der Waals surface area contributed by atoms with Crippen molar-refractivity contribution in [3.05, 3.63) is 0 Å². The molecule has 0 spiro atoms. The number of oxime groups is 1. The Morgan fingerprint density at radius 1 is 1.35 bits per heavy atom. The van der Waals surface area contributed by atoms with Gasteiger partial charge in [-0.3, -0.25) is 9.69 Å². The van der Waals surface area contributed by atoms with Gasteiger partial charge in [0.1, 0.15) is 0 Å². The molecule has 1 heterocycles. The number of nitrogens with zero attached hydrogens (tertiary/aromatic N) is 3. The molecule has 1 aliphatic heterocycles. The van der Waals surface area contributed by atoms with Crippen molar-refractivity contribution in [2.75, 3.05) is 39.8 Å². The molecule has 0 aromatic rings. The SMILES string of the molecule is COC1(CC(=O)N2CCN(CC(N)=NO)CC2)CCC1. The van der Waals surface area contributed by atoms with Crippen LogP contribution in [-0.4, -0.2) is 72.2 Å². The summed E-state index contributed by atoms with van der Waals surface area (Å²) in [5.74, 6) is 0.382. The monoisotopic (exact) mass is 284 g/mol. The van der Waals surface area contributed by atoms with Crippen molar-refractivity contribution in [1.82, 2.24) is 9.80 Å². The van der Waals surface area contributed by atoms with Gasteiger partial charge in [0.2, 0.25) is 5.91 Å². The van der Waals surface area contributed by atoms with Crippen LogP contribution in [0.4, 0.5) is 0 Å². The molecule has 2 fully saturated rings. The van der Waals surface area contributed by atoms with Crippen molar-refractivity contribution in [3.63, 3.8) is 0 Å². The molecular formula is C13H24N4O3. The fourth-order valence-corrected chi connectivity index (χ4v) is 2.83. The molecule has 1 amide bonds. The van der Waals surface area contributed by atoms with Gasteiger partial charge >= 0.3 is 0 Å². The number of carbonyl (C=O) groups excluding carboxylic acids is 1. The summed E-state index contributed by atoms with van der Waals surface area (Å²) in [6.07, 6.45) is 3.61. The Labute approximate surface area is 119 Å². The minimum atomic E-state index is -0.206. The van der Waals surface area contributed by atoms with E-state index in [-0.39, 0.29) is 17.3 Å². The maximum Gasteiger partial charge on any atom is 0.225 e. The Morgan fingerprint density at radius 3 is 2.45 bits per heavy atom. The maximum absolute atomic E-state index is 12.3. The smallest absolute Gasteiger partial charge is 0.225 e. The molecule has 7 nitrogen and oxygen atoms in total. The van der Waals surface area contributed by atoms with Gasteiger partial charge in [-0.15, -0.1) is 0 Å². The average Bonchev–Trinajstić information content (AvgIpc) is 2.43. The number of ether oxygens (including phenoxy) is 1. The second kappa shape index (κ2) is 6.41. The minimum Gasteiger partial charge on any atom is -0.409 e. The van der Waals surface area contributed by atoms with Crippen molar-refractivity contribution in [2.24, 2.45) is 10.9 Å². The zero-order chi connectivity index (χ0) is 14.6. The molecule has 20 heavy (non-hydrogen) atoms. The molecule has 2 rings (SSSR count). The van der Waals surface area contributed by atoms with Gasteiger partial charge in [0, 0.05) is 33.3 Å². The van der Waals surface area contributed by atoms with E-state index in [0.29, 0.717) is 26.1 Å². The molecule has 1 aliphatic carbocycles. The predicted molar refractivity (Wildman–Crippen MR) is 74.6 cm³/mol. The van der Waals surface area contributed by atoms with Crippen LogP contribution in [0.25, 0.3) is 0 Å². The summed E-state index contributed by atoms with van der Waals surface area (Å²) in [5, 5.41) is 11.5. The lowest BCUT2D eigenvalue weighted by molar-refractivity contribution is -0.145. The topological polar surface area (TPSA) is 91.4 Å². The van der Waals surface area contributed by atoms with Crippen LogP contribution in [0.15, 0.2) is 5.16 Å². The standard InChI is InChI=1S/C13H24N4O3/c1-20-13(3-2-4-13)9-12(18)17-7-5-16(6-8-17)10-11(14)15-19/h19H,2-10H2,1H3,(H2,14,15). The Kier molecular flexibility index (Phi) is 4.82. The van der Waals surface area contributed by atoms with Crippen LogP contribution in [0.1, 0.15) is 25.7 Å². The molecule has 2 aliphatic rings. The van der Waals surface area contributed by atoms with E-state index in [2.05, 4.69) is 10.1 Å². The number of carbonyl (C=O) groups is 1. The van der Waals surface area contributed by atoms with Gasteiger partial charge < -0.3 is 20.6 Å². The molecule has 1 saturated heterocycles. The van der Waals surface area contributed by atoms with E-state index in [1.165, 1.54) is 0 Å². The molecule has 0 aromatic carbocycles. The first kappa shape index (κ1) is 15.1. The van der Waals surface area contributed by atoms with Crippen LogP contribution >= 0.6 is 0 Å². The molecule has 0 radical (unpaired) electrons. The molecule has 0 aromatic heterocycles. The highest BCUT2D eigenvalue weighted by Crippen LogP contribution is 2.38. The second-order valence-corrected chi connectivity index (χ2v) is 5.67. The molecular weight excluding hydrogens is 260 g/mol. The highest BCUT2D eigenvalue weighted by atomic mass is 16.5. The van der Waals surface area contributed by atoms with Crippen molar-refractivity contribution >= 4 is 11.7 Å². The third kappa shape index (κ3) is 3.40.